The van der Waals surface area contributed by atoms with Crippen molar-refractivity contribution in [2.75, 3.05) is 0 Å². The van der Waals surface area contributed by atoms with E-state index in [0.717, 1.165) is 0 Å². The smallest absolute Gasteiger partial charge is 0.339 e. The van der Waals surface area contributed by atoms with E-state index in [1.54, 1.807) is 20.8 Å². The SMILES string of the molecule is CC.Cc1nc(C)c(C(=O)O)c(C)n1. The first-order chi connectivity index (χ1) is 6.52. The van der Waals surface area contributed by atoms with Gasteiger partial charge in [0.2, 0.25) is 0 Å². The second-order valence-corrected chi connectivity index (χ2v) is 2.62. The van der Waals surface area contributed by atoms with Gasteiger partial charge >= 0.3 is 5.97 Å². The fourth-order valence-electron chi connectivity index (χ4n) is 1.19. The van der Waals surface area contributed by atoms with Crippen molar-refractivity contribution in [3.63, 3.8) is 0 Å². The minimum Gasteiger partial charge on any atom is -0.478 e. The third-order valence-corrected chi connectivity index (χ3v) is 1.60. The highest BCUT2D eigenvalue weighted by molar-refractivity contribution is 5.89. The Balaban J connectivity index is 0.000000791. The zero-order chi connectivity index (χ0) is 11.3. The summed E-state index contributed by atoms with van der Waals surface area (Å²) in [5.41, 5.74) is 1.25. The highest BCUT2D eigenvalue weighted by atomic mass is 16.4. The molecule has 0 aliphatic carbocycles. The first-order valence-corrected chi connectivity index (χ1v) is 4.57. The van der Waals surface area contributed by atoms with Gasteiger partial charge in [-0.1, -0.05) is 13.8 Å². The largest absolute Gasteiger partial charge is 0.478 e. The standard InChI is InChI=1S/C8H10N2O2.C2H6/c1-4-7(8(11)12)5(2)10-6(3)9-4;1-2/h1-3H3,(H,11,12);1-2H3. The number of carbonyl (C=O) groups is 1. The van der Waals surface area contributed by atoms with Gasteiger partial charge in [0, 0.05) is 0 Å². The van der Waals surface area contributed by atoms with E-state index in [4.69, 9.17) is 5.11 Å². The summed E-state index contributed by atoms with van der Waals surface area (Å²) in [6, 6.07) is 0. The molecule has 4 heteroatoms. The van der Waals surface area contributed by atoms with E-state index in [1.165, 1.54) is 0 Å². The number of carboxylic acid groups (broad SMARTS) is 1. The number of hydrogen-bond acceptors (Lipinski definition) is 3. The van der Waals surface area contributed by atoms with Crippen LogP contribution in [0.4, 0.5) is 0 Å². The Kier molecular flexibility index (Phi) is 4.77. The van der Waals surface area contributed by atoms with Crippen molar-refractivity contribution in [3.05, 3.63) is 22.8 Å². The molecule has 0 aliphatic rings. The van der Waals surface area contributed by atoms with Crippen LogP contribution in [0.5, 0.6) is 0 Å². The molecule has 1 aromatic heterocycles. The van der Waals surface area contributed by atoms with Crippen LogP contribution in [0.1, 0.15) is 41.4 Å². The van der Waals surface area contributed by atoms with Crippen molar-refractivity contribution in [3.8, 4) is 0 Å². The Morgan fingerprint density at radius 2 is 1.43 bits per heavy atom. The topological polar surface area (TPSA) is 63.1 Å². The predicted molar refractivity (Wildman–Crippen MR) is 54.6 cm³/mol. The minimum atomic E-state index is -0.968. The Morgan fingerprint density at radius 1 is 1.07 bits per heavy atom. The fraction of sp³-hybridized carbons (Fsp3) is 0.500. The van der Waals surface area contributed by atoms with Gasteiger partial charge in [0.15, 0.2) is 0 Å². The summed E-state index contributed by atoms with van der Waals surface area (Å²) in [6.07, 6.45) is 0. The van der Waals surface area contributed by atoms with Gasteiger partial charge < -0.3 is 5.11 Å². The first kappa shape index (κ1) is 12.6. The van der Waals surface area contributed by atoms with Gasteiger partial charge in [-0.05, 0) is 20.8 Å². The van der Waals surface area contributed by atoms with E-state index in [9.17, 15) is 4.79 Å². The normalized spacial score (nSPS) is 8.93. The lowest BCUT2D eigenvalue weighted by Crippen LogP contribution is -2.08. The van der Waals surface area contributed by atoms with Gasteiger partial charge in [0.05, 0.1) is 11.4 Å². The molecule has 0 aromatic carbocycles. The van der Waals surface area contributed by atoms with Crippen molar-refractivity contribution in [2.45, 2.75) is 34.6 Å². The van der Waals surface area contributed by atoms with E-state index >= 15 is 0 Å². The van der Waals surface area contributed by atoms with Crippen LogP contribution in [0.3, 0.4) is 0 Å². The second kappa shape index (κ2) is 5.32. The molecule has 1 heterocycles. The Labute approximate surface area is 84.0 Å². The van der Waals surface area contributed by atoms with E-state index in [1.807, 2.05) is 13.8 Å². The molecule has 0 fully saturated rings. The van der Waals surface area contributed by atoms with Crippen LogP contribution in [0, 0.1) is 20.8 Å². The molecule has 1 rings (SSSR count). The predicted octanol–water partition coefficient (Wildman–Crippen LogP) is 2.13. The van der Waals surface area contributed by atoms with E-state index in [2.05, 4.69) is 9.97 Å². The molecular formula is C10H16N2O2. The van der Waals surface area contributed by atoms with Crippen LogP contribution in [-0.2, 0) is 0 Å². The van der Waals surface area contributed by atoms with Crippen molar-refractivity contribution >= 4 is 5.97 Å². The highest BCUT2D eigenvalue weighted by Gasteiger charge is 2.12. The van der Waals surface area contributed by atoms with Gasteiger partial charge in [-0.15, -0.1) is 0 Å². The van der Waals surface area contributed by atoms with Crippen molar-refractivity contribution in [1.29, 1.82) is 0 Å². The molecule has 0 saturated carbocycles. The molecule has 0 aliphatic heterocycles. The summed E-state index contributed by atoms with van der Waals surface area (Å²) in [5, 5.41) is 8.76. The van der Waals surface area contributed by atoms with Gasteiger partial charge in [0.1, 0.15) is 11.4 Å². The maximum Gasteiger partial charge on any atom is 0.339 e. The van der Waals surface area contributed by atoms with E-state index in [0.29, 0.717) is 17.2 Å². The molecule has 4 nitrogen and oxygen atoms in total. The van der Waals surface area contributed by atoms with Crippen molar-refractivity contribution < 1.29 is 9.90 Å². The molecule has 14 heavy (non-hydrogen) atoms. The summed E-state index contributed by atoms with van der Waals surface area (Å²) >= 11 is 0. The van der Waals surface area contributed by atoms with Gasteiger partial charge in [0.25, 0.3) is 0 Å². The Hall–Kier alpha value is -1.45. The monoisotopic (exact) mass is 196 g/mol. The van der Waals surface area contributed by atoms with Gasteiger partial charge in [-0.2, -0.15) is 0 Å². The van der Waals surface area contributed by atoms with Gasteiger partial charge in [-0.3, -0.25) is 0 Å². The number of aromatic carboxylic acids is 1. The average Bonchev–Trinajstić information content (AvgIpc) is 2.04. The zero-order valence-corrected chi connectivity index (χ0v) is 9.25. The fourth-order valence-corrected chi connectivity index (χ4v) is 1.19. The third kappa shape index (κ3) is 2.80. The number of hydrogen-bond donors (Lipinski definition) is 1. The van der Waals surface area contributed by atoms with Crippen LogP contribution in [0.2, 0.25) is 0 Å². The molecule has 0 atom stereocenters. The van der Waals surface area contributed by atoms with Crippen molar-refractivity contribution in [2.24, 2.45) is 0 Å². The van der Waals surface area contributed by atoms with Crippen LogP contribution < -0.4 is 0 Å². The zero-order valence-electron chi connectivity index (χ0n) is 9.25. The number of rotatable bonds is 1. The number of aryl methyl sites for hydroxylation is 3. The lowest BCUT2D eigenvalue weighted by Gasteiger charge is -2.03. The summed E-state index contributed by atoms with van der Waals surface area (Å²) < 4.78 is 0. The van der Waals surface area contributed by atoms with E-state index < -0.39 is 5.97 Å². The Bertz CT molecular complexity index is 312. The molecule has 78 valence electrons. The quantitative estimate of drug-likeness (QED) is 0.747. The number of aromatic nitrogens is 2. The molecule has 0 bridgehead atoms. The Morgan fingerprint density at radius 3 is 1.71 bits per heavy atom. The first-order valence-electron chi connectivity index (χ1n) is 4.57. The molecule has 1 N–H and O–H groups in total. The molecule has 0 amide bonds. The highest BCUT2D eigenvalue weighted by Crippen LogP contribution is 2.09. The lowest BCUT2D eigenvalue weighted by atomic mass is 10.2. The lowest BCUT2D eigenvalue weighted by molar-refractivity contribution is 0.0694. The van der Waals surface area contributed by atoms with Crippen LogP contribution in [0.25, 0.3) is 0 Å². The van der Waals surface area contributed by atoms with Crippen LogP contribution in [-0.4, -0.2) is 21.0 Å². The molecule has 0 unspecified atom stereocenters. The summed E-state index contributed by atoms with van der Waals surface area (Å²) in [7, 11) is 0. The van der Waals surface area contributed by atoms with Crippen LogP contribution >= 0.6 is 0 Å². The molecule has 1 aromatic rings. The molecule has 0 radical (unpaired) electrons. The molecule has 0 saturated heterocycles. The second-order valence-electron chi connectivity index (χ2n) is 2.62. The maximum atomic E-state index is 10.7. The molecule has 0 spiro atoms. The average molecular weight is 196 g/mol. The van der Waals surface area contributed by atoms with Gasteiger partial charge in [-0.25, -0.2) is 14.8 Å². The summed E-state index contributed by atoms with van der Waals surface area (Å²) in [4.78, 5) is 18.6. The van der Waals surface area contributed by atoms with Crippen molar-refractivity contribution in [1.82, 2.24) is 9.97 Å². The van der Waals surface area contributed by atoms with Crippen LogP contribution in [0.15, 0.2) is 0 Å². The number of carboxylic acids is 1. The number of nitrogens with zero attached hydrogens (tertiary/aromatic N) is 2. The van der Waals surface area contributed by atoms with E-state index in [-0.39, 0.29) is 5.56 Å². The minimum absolute atomic E-state index is 0.209. The summed E-state index contributed by atoms with van der Waals surface area (Å²) in [5.74, 6) is -0.361. The third-order valence-electron chi connectivity index (χ3n) is 1.60. The molecular weight excluding hydrogens is 180 g/mol. The summed E-state index contributed by atoms with van der Waals surface area (Å²) in [6.45, 7) is 9.09. The maximum absolute atomic E-state index is 10.7.